The second kappa shape index (κ2) is 6.85. The minimum Gasteiger partial charge on any atom is -0.338 e. The second-order valence-electron chi connectivity index (χ2n) is 4.72. The Kier molecular flexibility index (Phi) is 5.12. The van der Waals surface area contributed by atoms with Crippen molar-refractivity contribution in [1.29, 1.82) is 0 Å². The molecule has 6 heteroatoms. The molecule has 0 unspecified atom stereocenters. The first kappa shape index (κ1) is 15.7. The zero-order valence-electron chi connectivity index (χ0n) is 11.5. The molecule has 0 saturated heterocycles. The molecule has 0 radical (unpaired) electrons. The summed E-state index contributed by atoms with van der Waals surface area (Å²) in [4.78, 5) is 13.8. The summed E-state index contributed by atoms with van der Waals surface area (Å²) in [5.41, 5.74) is 1.25. The molecule has 3 nitrogen and oxygen atoms in total. The molecular weight excluding hydrogens is 342 g/mol. The van der Waals surface area contributed by atoms with Gasteiger partial charge in [0.15, 0.2) is 0 Å². The van der Waals surface area contributed by atoms with E-state index in [1.807, 2.05) is 24.3 Å². The maximum atomic E-state index is 12.5. The van der Waals surface area contributed by atoms with Crippen LogP contribution < -0.4 is 0 Å². The third-order valence-corrected chi connectivity index (χ3v) is 3.59. The molecule has 0 aliphatic heterocycles. The Bertz CT molecular complexity index is 610. The van der Waals surface area contributed by atoms with Gasteiger partial charge in [-0.3, -0.25) is 4.79 Å². The SMILES string of the molecule is CN(Cc1ccc(Br)cc1)C(=O)c1cccn1CC(F)F. The smallest absolute Gasteiger partial charge is 0.270 e. The van der Waals surface area contributed by atoms with Crippen molar-refractivity contribution in [2.24, 2.45) is 0 Å². The lowest BCUT2D eigenvalue weighted by Crippen LogP contribution is -2.28. The van der Waals surface area contributed by atoms with Gasteiger partial charge in [-0.25, -0.2) is 8.78 Å². The average Bonchev–Trinajstić information content (AvgIpc) is 2.87. The molecule has 2 rings (SSSR count). The standard InChI is InChI=1S/C15H15BrF2N2O/c1-19(9-11-4-6-12(16)7-5-11)15(21)13-3-2-8-20(13)10-14(17)18/h2-8,14H,9-10H2,1H3. The van der Waals surface area contributed by atoms with Crippen LogP contribution in [0.25, 0.3) is 0 Å². The van der Waals surface area contributed by atoms with E-state index < -0.39 is 13.0 Å². The number of hydrogen-bond acceptors (Lipinski definition) is 1. The number of aromatic nitrogens is 1. The monoisotopic (exact) mass is 356 g/mol. The minimum atomic E-state index is -2.49. The van der Waals surface area contributed by atoms with E-state index in [4.69, 9.17) is 0 Å². The molecule has 1 aromatic heterocycles. The first-order valence-electron chi connectivity index (χ1n) is 6.40. The van der Waals surface area contributed by atoms with E-state index in [0.29, 0.717) is 6.54 Å². The highest BCUT2D eigenvalue weighted by Gasteiger charge is 2.17. The summed E-state index contributed by atoms with van der Waals surface area (Å²) in [5.74, 6) is -0.274. The van der Waals surface area contributed by atoms with Crippen LogP contribution in [0.1, 0.15) is 16.1 Å². The summed E-state index contributed by atoms with van der Waals surface area (Å²) in [6.07, 6.45) is -0.993. The number of benzene rings is 1. The maximum Gasteiger partial charge on any atom is 0.270 e. The van der Waals surface area contributed by atoms with Crippen molar-refractivity contribution in [3.05, 3.63) is 58.3 Å². The quantitative estimate of drug-likeness (QED) is 0.799. The van der Waals surface area contributed by atoms with Crippen molar-refractivity contribution in [2.75, 3.05) is 7.05 Å². The number of carbonyl (C=O) groups is 1. The van der Waals surface area contributed by atoms with E-state index >= 15 is 0 Å². The number of alkyl halides is 2. The Hall–Kier alpha value is -1.69. The van der Waals surface area contributed by atoms with E-state index in [9.17, 15) is 13.6 Å². The van der Waals surface area contributed by atoms with Crippen LogP contribution in [-0.2, 0) is 13.1 Å². The van der Waals surface area contributed by atoms with Crippen LogP contribution in [-0.4, -0.2) is 28.8 Å². The van der Waals surface area contributed by atoms with Crippen LogP contribution in [0.5, 0.6) is 0 Å². The fourth-order valence-electron chi connectivity index (χ4n) is 2.05. The van der Waals surface area contributed by atoms with E-state index in [-0.39, 0.29) is 11.6 Å². The third kappa shape index (κ3) is 4.14. The Morgan fingerprint density at radius 2 is 1.95 bits per heavy atom. The lowest BCUT2D eigenvalue weighted by Gasteiger charge is -2.18. The highest BCUT2D eigenvalue weighted by Crippen LogP contribution is 2.14. The van der Waals surface area contributed by atoms with Crippen LogP contribution in [0.3, 0.4) is 0 Å². The molecule has 0 N–H and O–H groups in total. The number of halogens is 3. The van der Waals surface area contributed by atoms with Gasteiger partial charge in [0.2, 0.25) is 0 Å². The fourth-order valence-corrected chi connectivity index (χ4v) is 2.31. The van der Waals surface area contributed by atoms with Gasteiger partial charge in [0.25, 0.3) is 12.3 Å². The maximum absolute atomic E-state index is 12.5. The number of nitrogens with zero attached hydrogens (tertiary/aromatic N) is 2. The Balaban J connectivity index is 2.08. The summed E-state index contributed by atoms with van der Waals surface area (Å²) in [5, 5.41) is 0. The van der Waals surface area contributed by atoms with Crippen LogP contribution in [0.4, 0.5) is 8.78 Å². The van der Waals surface area contributed by atoms with Crippen molar-refractivity contribution in [1.82, 2.24) is 9.47 Å². The fraction of sp³-hybridized carbons (Fsp3) is 0.267. The summed E-state index contributed by atoms with van der Waals surface area (Å²) < 4.78 is 27.2. The van der Waals surface area contributed by atoms with Crippen molar-refractivity contribution in [3.8, 4) is 0 Å². The van der Waals surface area contributed by atoms with Gasteiger partial charge in [-0.1, -0.05) is 28.1 Å². The van der Waals surface area contributed by atoms with Gasteiger partial charge in [-0.15, -0.1) is 0 Å². The number of carbonyl (C=O) groups excluding carboxylic acids is 1. The third-order valence-electron chi connectivity index (χ3n) is 3.06. The summed E-state index contributed by atoms with van der Waals surface area (Å²) in [6, 6.07) is 10.8. The topological polar surface area (TPSA) is 25.2 Å². The minimum absolute atomic E-state index is 0.273. The van der Waals surface area contributed by atoms with E-state index in [2.05, 4.69) is 15.9 Å². The molecule has 0 bridgehead atoms. The number of amides is 1. The highest BCUT2D eigenvalue weighted by molar-refractivity contribution is 9.10. The zero-order chi connectivity index (χ0) is 15.4. The molecule has 21 heavy (non-hydrogen) atoms. The molecule has 0 aliphatic carbocycles. The Labute approximate surface area is 130 Å². The molecule has 112 valence electrons. The van der Waals surface area contributed by atoms with Crippen molar-refractivity contribution < 1.29 is 13.6 Å². The molecule has 0 aliphatic rings. The largest absolute Gasteiger partial charge is 0.338 e. The van der Waals surface area contributed by atoms with Gasteiger partial charge in [0.05, 0.1) is 6.54 Å². The Morgan fingerprint density at radius 3 is 2.57 bits per heavy atom. The summed E-state index contributed by atoms with van der Waals surface area (Å²) in [7, 11) is 1.66. The normalized spacial score (nSPS) is 10.9. The zero-order valence-corrected chi connectivity index (χ0v) is 13.1. The average molecular weight is 357 g/mol. The molecule has 0 atom stereocenters. The van der Waals surface area contributed by atoms with Crippen LogP contribution >= 0.6 is 15.9 Å². The van der Waals surface area contributed by atoms with Gasteiger partial charge >= 0.3 is 0 Å². The van der Waals surface area contributed by atoms with Crippen LogP contribution in [0, 0.1) is 0 Å². The second-order valence-corrected chi connectivity index (χ2v) is 5.64. The van der Waals surface area contributed by atoms with Crippen LogP contribution in [0.2, 0.25) is 0 Å². The number of hydrogen-bond donors (Lipinski definition) is 0. The van der Waals surface area contributed by atoms with Gasteiger partial charge in [0, 0.05) is 24.3 Å². The van der Waals surface area contributed by atoms with E-state index in [1.165, 1.54) is 15.7 Å². The van der Waals surface area contributed by atoms with Gasteiger partial charge in [0.1, 0.15) is 5.69 Å². The van der Waals surface area contributed by atoms with Gasteiger partial charge < -0.3 is 9.47 Å². The van der Waals surface area contributed by atoms with Gasteiger partial charge in [-0.05, 0) is 29.8 Å². The first-order chi connectivity index (χ1) is 9.97. The highest BCUT2D eigenvalue weighted by atomic mass is 79.9. The number of rotatable bonds is 5. The van der Waals surface area contributed by atoms with E-state index in [1.54, 1.807) is 19.2 Å². The summed E-state index contributed by atoms with van der Waals surface area (Å²) in [6.45, 7) is -0.0494. The van der Waals surface area contributed by atoms with Crippen molar-refractivity contribution in [2.45, 2.75) is 19.5 Å². The molecular formula is C15H15BrF2N2O. The molecule has 1 heterocycles. The van der Waals surface area contributed by atoms with Gasteiger partial charge in [-0.2, -0.15) is 0 Å². The molecule has 0 spiro atoms. The molecule has 1 amide bonds. The van der Waals surface area contributed by atoms with Crippen LogP contribution in [0.15, 0.2) is 47.1 Å². The van der Waals surface area contributed by atoms with E-state index in [0.717, 1.165) is 10.0 Å². The van der Waals surface area contributed by atoms with Crippen molar-refractivity contribution >= 4 is 21.8 Å². The molecule has 2 aromatic rings. The predicted octanol–water partition coefficient (Wildman–Crippen LogP) is 3.79. The molecule has 1 aromatic carbocycles. The van der Waals surface area contributed by atoms with Crippen molar-refractivity contribution in [3.63, 3.8) is 0 Å². The lowest BCUT2D eigenvalue weighted by molar-refractivity contribution is 0.0764. The Morgan fingerprint density at radius 1 is 1.29 bits per heavy atom. The first-order valence-corrected chi connectivity index (χ1v) is 7.20. The summed E-state index contributed by atoms with van der Waals surface area (Å²) >= 11 is 3.35. The molecule has 0 saturated carbocycles. The predicted molar refractivity (Wildman–Crippen MR) is 80.4 cm³/mol. The lowest BCUT2D eigenvalue weighted by atomic mass is 10.2. The molecule has 0 fully saturated rings.